The Kier molecular flexibility index (Phi) is 5.56. The van der Waals surface area contributed by atoms with E-state index in [1.54, 1.807) is 17.9 Å². The number of pyridine rings is 1. The van der Waals surface area contributed by atoms with Gasteiger partial charge in [0, 0.05) is 18.8 Å². The maximum Gasteiger partial charge on any atom is 0.257 e. The summed E-state index contributed by atoms with van der Waals surface area (Å²) in [6.07, 6.45) is 3.84. The summed E-state index contributed by atoms with van der Waals surface area (Å²) in [6.45, 7) is 7.66. The molecule has 0 unspecified atom stereocenters. The molecule has 7 nitrogen and oxygen atoms in total. The molecule has 0 saturated carbocycles. The lowest BCUT2D eigenvalue weighted by atomic mass is 10.1. The molecule has 0 radical (unpaired) electrons. The molecule has 2 aromatic rings. The minimum absolute atomic E-state index is 0.00593. The number of aromatic nitrogens is 3. The van der Waals surface area contributed by atoms with E-state index in [9.17, 15) is 9.59 Å². The highest BCUT2D eigenvalue weighted by Crippen LogP contribution is 2.16. The van der Waals surface area contributed by atoms with Crippen molar-refractivity contribution >= 4 is 11.8 Å². The SMILES string of the molecule is CCc1c(C(=O)N(C)CC(=O)NC(C)(C)C)cnn1-c1ccccn1. The smallest absolute Gasteiger partial charge is 0.257 e. The van der Waals surface area contributed by atoms with E-state index in [1.807, 2.05) is 45.9 Å². The van der Waals surface area contributed by atoms with Gasteiger partial charge in [-0.2, -0.15) is 5.10 Å². The summed E-state index contributed by atoms with van der Waals surface area (Å²) < 4.78 is 1.66. The molecule has 0 bridgehead atoms. The Morgan fingerprint density at radius 1 is 1.28 bits per heavy atom. The molecule has 0 aromatic carbocycles. The summed E-state index contributed by atoms with van der Waals surface area (Å²) in [6, 6.07) is 5.53. The van der Waals surface area contributed by atoms with Crippen molar-refractivity contribution in [3.8, 4) is 5.82 Å². The average Bonchev–Trinajstić information content (AvgIpc) is 2.96. The van der Waals surface area contributed by atoms with Crippen molar-refractivity contribution in [1.29, 1.82) is 0 Å². The third-order valence-electron chi connectivity index (χ3n) is 3.54. The predicted molar refractivity (Wildman–Crippen MR) is 95.6 cm³/mol. The molecule has 0 aliphatic heterocycles. The summed E-state index contributed by atoms with van der Waals surface area (Å²) >= 11 is 0. The summed E-state index contributed by atoms with van der Waals surface area (Å²) in [7, 11) is 1.61. The number of nitrogens with one attached hydrogen (secondary N) is 1. The average molecular weight is 343 g/mol. The minimum Gasteiger partial charge on any atom is -0.350 e. The van der Waals surface area contributed by atoms with Gasteiger partial charge in [-0.15, -0.1) is 0 Å². The summed E-state index contributed by atoms with van der Waals surface area (Å²) in [5.41, 5.74) is 0.922. The van der Waals surface area contributed by atoms with Crippen LogP contribution in [0.3, 0.4) is 0 Å². The van der Waals surface area contributed by atoms with Gasteiger partial charge < -0.3 is 10.2 Å². The normalized spacial score (nSPS) is 11.2. The third-order valence-corrected chi connectivity index (χ3v) is 3.54. The van der Waals surface area contributed by atoms with Crippen LogP contribution in [-0.2, 0) is 11.2 Å². The van der Waals surface area contributed by atoms with Crippen LogP contribution >= 0.6 is 0 Å². The van der Waals surface area contributed by atoms with Crippen LogP contribution in [0.1, 0.15) is 43.7 Å². The molecule has 25 heavy (non-hydrogen) atoms. The van der Waals surface area contributed by atoms with Gasteiger partial charge in [0.05, 0.1) is 24.0 Å². The number of likely N-dealkylation sites (N-methyl/N-ethyl adjacent to an activating group) is 1. The fourth-order valence-corrected chi connectivity index (χ4v) is 2.52. The Hall–Kier alpha value is -2.70. The van der Waals surface area contributed by atoms with Crippen LogP contribution in [0.5, 0.6) is 0 Å². The highest BCUT2D eigenvalue weighted by molar-refractivity contribution is 5.97. The van der Waals surface area contributed by atoms with Crippen LogP contribution in [0.25, 0.3) is 5.82 Å². The van der Waals surface area contributed by atoms with E-state index in [1.165, 1.54) is 11.1 Å². The lowest BCUT2D eigenvalue weighted by Crippen LogP contribution is -2.46. The number of hydrogen-bond donors (Lipinski definition) is 1. The second kappa shape index (κ2) is 7.46. The lowest BCUT2D eigenvalue weighted by molar-refractivity contribution is -0.122. The fraction of sp³-hybridized carbons (Fsp3) is 0.444. The first-order chi connectivity index (χ1) is 11.7. The first-order valence-electron chi connectivity index (χ1n) is 8.27. The van der Waals surface area contributed by atoms with Crippen LogP contribution in [0.15, 0.2) is 30.6 Å². The van der Waals surface area contributed by atoms with Gasteiger partial charge in [-0.05, 0) is 39.3 Å². The molecule has 1 N–H and O–H groups in total. The second-order valence-electron chi connectivity index (χ2n) is 6.92. The molecule has 0 saturated heterocycles. The van der Waals surface area contributed by atoms with Crippen molar-refractivity contribution in [1.82, 2.24) is 25.0 Å². The number of carbonyl (C=O) groups is 2. The monoisotopic (exact) mass is 343 g/mol. The van der Waals surface area contributed by atoms with Crippen molar-refractivity contribution < 1.29 is 9.59 Å². The highest BCUT2D eigenvalue weighted by atomic mass is 16.2. The van der Waals surface area contributed by atoms with Gasteiger partial charge >= 0.3 is 0 Å². The molecule has 0 spiro atoms. The maximum atomic E-state index is 12.7. The molecule has 0 fully saturated rings. The summed E-state index contributed by atoms with van der Waals surface area (Å²) in [5.74, 6) is 0.230. The molecule has 0 aliphatic carbocycles. The van der Waals surface area contributed by atoms with Crippen molar-refractivity contribution in [3.05, 3.63) is 41.9 Å². The summed E-state index contributed by atoms with van der Waals surface area (Å²) in [4.78, 5) is 30.5. The molecule has 2 rings (SSSR count). The van der Waals surface area contributed by atoms with E-state index in [0.717, 1.165) is 5.69 Å². The van der Waals surface area contributed by atoms with Crippen molar-refractivity contribution in [2.24, 2.45) is 0 Å². The zero-order valence-corrected chi connectivity index (χ0v) is 15.4. The minimum atomic E-state index is -0.334. The first kappa shape index (κ1) is 18.6. The van der Waals surface area contributed by atoms with Crippen LogP contribution < -0.4 is 5.32 Å². The molecule has 2 aromatic heterocycles. The van der Waals surface area contributed by atoms with Gasteiger partial charge in [-0.1, -0.05) is 13.0 Å². The Bertz CT molecular complexity index is 747. The molecule has 2 heterocycles. The molecular formula is C18H25N5O2. The Morgan fingerprint density at radius 2 is 2.00 bits per heavy atom. The topological polar surface area (TPSA) is 80.1 Å². The van der Waals surface area contributed by atoms with E-state index in [2.05, 4.69) is 15.4 Å². The van der Waals surface area contributed by atoms with Crippen LogP contribution in [-0.4, -0.2) is 50.6 Å². The third kappa shape index (κ3) is 4.65. The first-order valence-corrected chi connectivity index (χ1v) is 8.27. The Balaban J connectivity index is 2.19. The number of amides is 2. The second-order valence-corrected chi connectivity index (χ2v) is 6.92. The quantitative estimate of drug-likeness (QED) is 0.898. The van der Waals surface area contributed by atoms with Gasteiger partial charge in [0.25, 0.3) is 5.91 Å². The van der Waals surface area contributed by atoms with Crippen molar-refractivity contribution in [2.45, 2.75) is 39.7 Å². The van der Waals surface area contributed by atoms with Gasteiger partial charge in [0.15, 0.2) is 5.82 Å². The largest absolute Gasteiger partial charge is 0.350 e. The van der Waals surface area contributed by atoms with Gasteiger partial charge in [0.1, 0.15) is 0 Å². The van der Waals surface area contributed by atoms with Gasteiger partial charge in [-0.3, -0.25) is 9.59 Å². The van der Waals surface area contributed by atoms with E-state index in [-0.39, 0.29) is 23.9 Å². The van der Waals surface area contributed by atoms with Crippen LogP contribution in [0, 0.1) is 0 Å². The van der Waals surface area contributed by atoms with Crippen LogP contribution in [0.4, 0.5) is 0 Å². The van der Waals surface area contributed by atoms with E-state index >= 15 is 0 Å². The Morgan fingerprint density at radius 3 is 2.56 bits per heavy atom. The van der Waals surface area contributed by atoms with Crippen molar-refractivity contribution in [2.75, 3.05) is 13.6 Å². The molecule has 134 valence electrons. The molecular weight excluding hydrogens is 318 g/mol. The van der Waals surface area contributed by atoms with Gasteiger partial charge in [0.2, 0.25) is 5.91 Å². The zero-order valence-electron chi connectivity index (χ0n) is 15.4. The summed E-state index contributed by atoms with van der Waals surface area (Å²) in [5, 5.41) is 7.16. The molecule has 7 heteroatoms. The fourth-order valence-electron chi connectivity index (χ4n) is 2.52. The van der Waals surface area contributed by atoms with E-state index in [0.29, 0.717) is 17.8 Å². The standard InChI is InChI=1S/C18H25N5O2/c1-6-14-13(11-20-23(14)15-9-7-8-10-19-15)17(25)22(5)12-16(24)21-18(2,3)4/h7-11H,6,12H2,1-5H3,(H,21,24). The van der Waals surface area contributed by atoms with Gasteiger partial charge in [-0.25, -0.2) is 9.67 Å². The number of carbonyl (C=O) groups excluding carboxylic acids is 2. The van der Waals surface area contributed by atoms with Crippen LogP contribution in [0.2, 0.25) is 0 Å². The zero-order chi connectivity index (χ0) is 18.6. The number of rotatable bonds is 5. The number of nitrogens with zero attached hydrogens (tertiary/aromatic N) is 4. The molecule has 0 aliphatic rings. The predicted octanol–water partition coefficient (Wildman–Crippen LogP) is 1.82. The molecule has 0 atom stereocenters. The number of hydrogen-bond acceptors (Lipinski definition) is 4. The highest BCUT2D eigenvalue weighted by Gasteiger charge is 2.23. The molecule has 2 amide bonds. The lowest BCUT2D eigenvalue weighted by Gasteiger charge is -2.23. The maximum absolute atomic E-state index is 12.7. The van der Waals surface area contributed by atoms with E-state index < -0.39 is 0 Å². The van der Waals surface area contributed by atoms with Crippen molar-refractivity contribution in [3.63, 3.8) is 0 Å². The van der Waals surface area contributed by atoms with E-state index in [4.69, 9.17) is 0 Å². The Labute approximate surface area is 148 Å².